The fourth-order valence-electron chi connectivity index (χ4n) is 2.26. The normalized spacial score (nSPS) is 32.7. The summed E-state index contributed by atoms with van der Waals surface area (Å²) in [5.41, 5.74) is 2.87. The first-order valence-corrected chi connectivity index (χ1v) is 5.60. The monoisotopic (exact) mass is 202 g/mol. The van der Waals surface area contributed by atoms with Gasteiger partial charge in [-0.1, -0.05) is 24.3 Å². The van der Waals surface area contributed by atoms with Crippen LogP contribution in [-0.2, 0) is 11.6 Å². The zero-order valence-corrected chi connectivity index (χ0v) is 10.0. The molecule has 3 radical (unpaired) electrons. The number of hydrogen-bond donors (Lipinski definition) is 0. The number of hydrogen-bond acceptors (Lipinski definition) is 1. The molecule has 14 heavy (non-hydrogen) atoms. The highest BCUT2D eigenvalue weighted by Crippen LogP contribution is 2.34. The number of likely N-dealkylation sites (N-methyl/N-ethyl adjacent to an activating group) is 1. The lowest BCUT2D eigenvalue weighted by Crippen LogP contribution is -2.51. The van der Waals surface area contributed by atoms with Crippen LogP contribution in [0.15, 0.2) is 24.3 Å². The van der Waals surface area contributed by atoms with E-state index >= 15 is 0 Å². The van der Waals surface area contributed by atoms with Gasteiger partial charge in [-0.05, 0) is 38.4 Å². The van der Waals surface area contributed by atoms with Gasteiger partial charge in [0.25, 0.3) is 0 Å². The molecule has 0 aliphatic carbocycles. The smallest absolute Gasteiger partial charge is 0.0591 e. The second kappa shape index (κ2) is 3.21. The predicted molar refractivity (Wildman–Crippen MR) is 60.5 cm³/mol. The molecule has 0 bridgehead atoms. The highest BCUT2D eigenvalue weighted by molar-refractivity contribution is 6.15. The summed E-state index contributed by atoms with van der Waals surface area (Å²) in [4.78, 5) is 2.38. The number of rotatable bonds is 0. The molecule has 0 fully saturated rings. The molecule has 0 saturated heterocycles. The van der Waals surface area contributed by atoms with E-state index in [0.717, 1.165) is 6.42 Å². The van der Waals surface area contributed by atoms with Crippen molar-refractivity contribution in [1.29, 1.82) is 0 Å². The zero-order valence-electron chi connectivity index (χ0n) is 9.04. The molecule has 2 unspecified atom stereocenters. The summed E-state index contributed by atoms with van der Waals surface area (Å²) in [6.45, 7) is 4.49. The Morgan fingerprint density at radius 1 is 1.43 bits per heavy atom. The molecule has 2 heteroatoms. The average molecular weight is 202 g/mol. The summed E-state index contributed by atoms with van der Waals surface area (Å²) in [5.74, 6) is 0. The van der Waals surface area contributed by atoms with Crippen molar-refractivity contribution in [2.24, 2.45) is 0 Å². The molecule has 0 saturated carbocycles. The van der Waals surface area contributed by atoms with Crippen molar-refractivity contribution >= 4 is 10.2 Å². The molecule has 1 aliphatic rings. The van der Waals surface area contributed by atoms with Crippen molar-refractivity contribution in [3.05, 3.63) is 35.4 Å². The molecule has 2 rings (SSSR count). The first-order chi connectivity index (χ1) is 6.53. The van der Waals surface area contributed by atoms with Crippen molar-refractivity contribution < 1.29 is 0 Å². The highest BCUT2D eigenvalue weighted by Gasteiger charge is 2.35. The molecule has 0 amide bonds. The van der Waals surface area contributed by atoms with Crippen LogP contribution in [0.4, 0.5) is 0 Å². The van der Waals surface area contributed by atoms with Crippen LogP contribution in [0.25, 0.3) is 0 Å². The molecule has 73 valence electrons. The molecule has 1 aromatic carbocycles. The van der Waals surface area contributed by atoms with Crippen LogP contribution in [0.2, 0.25) is 0 Å². The Morgan fingerprint density at radius 3 is 2.79 bits per heavy atom. The lowest BCUT2D eigenvalue weighted by atomic mass is 9.89. The van der Waals surface area contributed by atoms with Crippen LogP contribution < -0.4 is 0 Å². The third-order valence-electron chi connectivity index (χ3n) is 3.42. The Morgan fingerprint density at radius 2 is 2.07 bits per heavy atom. The van der Waals surface area contributed by atoms with E-state index in [1.165, 1.54) is 11.1 Å². The lowest BCUT2D eigenvalue weighted by Gasteiger charge is -2.45. The fraction of sp³-hybridized carbons (Fsp3) is 0.500. The number of fused-ring (bicyclic) bond motifs is 1. The Balaban J connectivity index is 2.54. The number of benzene rings is 1. The van der Waals surface area contributed by atoms with E-state index in [-0.39, 0.29) is 5.16 Å². The summed E-state index contributed by atoms with van der Waals surface area (Å²) in [6.07, 6.45) is 1.15. The minimum absolute atomic E-state index is 0.0196. The van der Waals surface area contributed by atoms with Gasteiger partial charge < -0.3 is 0 Å². The van der Waals surface area contributed by atoms with E-state index in [2.05, 4.69) is 60.3 Å². The van der Waals surface area contributed by atoms with Gasteiger partial charge in [-0.3, -0.25) is 4.90 Å². The van der Waals surface area contributed by atoms with Crippen LogP contribution in [0.3, 0.4) is 0 Å². The lowest BCUT2D eigenvalue weighted by molar-refractivity contribution is 0.145. The maximum absolute atomic E-state index is 3.88. The molecule has 0 aromatic heterocycles. The minimum atomic E-state index is -0.0196. The predicted octanol–water partition coefficient (Wildman–Crippen LogP) is 1.90. The number of nitrogens with zero attached hydrogens (tertiary/aromatic N) is 1. The van der Waals surface area contributed by atoms with Gasteiger partial charge in [-0.15, -0.1) is 0 Å². The minimum Gasteiger partial charge on any atom is -0.297 e. The quantitative estimate of drug-likeness (QED) is 0.581. The fourth-order valence-corrected chi connectivity index (χ4v) is 2.72. The van der Waals surface area contributed by atoms with E-state index in [4.69, 9.17) is 0 Å². The van der Waals surface area contributed by atoms with Crippen LogP contribution in [0.5, 0.6) is 0 Å². The van der Waals surface area contributed by atoms with Gasteiger partial charge in [-0.2, -0.15) is 0 Å². The van der Waals surface area contributed by atoms with E-state index in [9.17, 15) is 0 Å². The summed E-state index contributed by atoms with van der Waals surface area (Å²) in [5, 5.41) is -0.0196. The standard InChI is InChI=1S/C12H16NSi/c1-9-8-10-6-4-5-7-11(10)12(2,14)13(9)3/h4-7,9H,8H2,1-3H3. The molecule has 0 N–H and O–H groups in total. The van der Waals surface area contributed by atoms with Gasteiger partial charge in [0.05, 0.1) is 10.2 Å². The van der Waals surface area contributed by atoms with E-state index < -0.39 is 0 Å². The van der Waals surface area contributed by atoms with Crippen LogP contribution >= 0.6 is 0 Å². The molecule has 0 spiro atoms. The average Bonchev–Trinajstić information content (AvgIpc) is 2.15. The van der Waals surface area contributed by atoms with Crippen LogP contribution in [0.1, 0.15) is 25.0 Å². The largest absolute Gasteiger partial charge is 0.297 e. The van der Waals surface area contributed by atoms with Crippen molar-refractivity contribution in [2.45, 2.75) is 31.5 Å². The maximum atomic E-state index is 3.88. The van der Waals surface area contributed by atoms with Gasteiger partial charge >= 0.3 is 0 Å². The zero-order chi connectivity index (χ0) is 10.3. The van der Waals surface area contributed by atoms with Crippen LogP contribution in [-0.4, -0.2) is 28.2 Å². The van der Waals surface area contributed by atoms with Gasteiger partial charge in [0.15, 0.2) is 0 Å². The summed E-state index contributed by atoms with van der Waals surface area (Å²) < 4.78 is 0. The Hall–Kier alpha value is -0.603. The van der Waals surface area contributed by atoms with E-state index in [0.29, 0.717) is 6.04 Å². The Bertz CT molecular complexity index is 346. The van der Waals surface area contributed by atoms with Crippen molar-refractivity contribution in [2.75, 3.05) is 7.05 Å². The van der Waals surface area contributed by atoms with Crippen molar-refractivity contribution in [3.8, 4) is 0 Å². The first kappa shape index (κ1) is 9.93. The molecule has 1 nitrogen and oxygen atoms in total. The second-order valence-corrected chi connectivity index (χ2v) is 5.37. The van der Waals surface area contributed by atoms with Gasteiger partial charge in [0, 0.05) is 11.2 Å². The topological polar surface area (TPSA) is 3.24 Å². The molecule has 1 aliphatic heterocycles. The molecule has 1 aromatic rings. The van der Waals surface area contributed by atoms with Crippen molar-refractivity contribution in [1.82, 2.24) is 4.90 Å². The maximum Gasteiger partial charge on any atom is 0.0591 e. The summed E-state index contributed by atoms with van der Waals surface area (Å²) in [7, 11) is 6.05. The van der Waals surface area contributed by atoms with Crippen LogP contribution in [0, 0.1) is 0 Å². The van der Waals surface area contributed by atoms with Gasteiger partial charge in [-0.25, -0.2) is 0 Å². The molecular formula is C12H16NSi. The first-order valence-electron chi connectivity index (χ1n) is 5.10. The molecular weight excluding hydrogens is 186 g/mol. The summed E-state index contributed by atoms with van der Waals surface area (Å²) >= 11 is 0. The summed E-state index contributed by atoms with van der Waals surface area (Å²) in [6, 6.07) is 9.27. The van der Waals surface area contributed by atoms with Gasteiger partial charge in [0.2, 0.25) is 0 Å². The second-order valence-electron chi connectivity index (χ2n) is 4.39. The van der Waals surface area contributed by atoms with E-state index in [1.54, 1.807) is 0 Å². The SMILES string of the molecule is CC1Cc2ccccc2C(C)([Si])N1C. The highest BCUT2D eigenvalue weighted by atomic mass is 28.1. The Labute approximate surface area is 89.5 Å². The molecule has 1 heterocycles. The third kappa shape index (κ3) is 1.33. The third-order valence-corrected chi connectivity index (χ3v) is 4.05. The van der Waals surface area contributed by atoms with Gasteiger partial charge in [0.1, 0.15) is 0 Å². The Kier molecular flexibility index (Phi) is 2.28. The van der Waals surface area contributed by atoms with E-state index in [1.807, 2.05) is 0 Å². The van der Waals surface area contributed by atoms with Crippen molar-refractivity contribution in [3.63, 3.8) is 0 Å². The molecule has 2 atom stereocenters.